The number of carbonyl (C=O) groups excluding carboxylic acids is 2. The van der Waals surface area contributed by atoms with Crippen LogP contribution in [0, 0.1) is 0 Å². The molecule has 1 aromatic carbocycles. The van der Waals surface area contributed by atoms with E-state index in [1.165, 1.54) is 0 Å². The number of nitrogens with zero attached hydrogens (tertiary/aromatic N) is 1. The van der Waals surface area contributed by atoms with Gasteiger partial charge in [-0.3, -0.25) is 14.6 Å². The third kappa shape index (κ3) is 3.62. The number of hydrogen-bond acceptors (Lipinski definition) is 5. The summed E-state index contributed by atoms with van der Waals surface area (Å²) >= 11 is 0. The summed E-state index contributed by atoms with van der Waals surface area (Å²) in [6, 6.07) is 10.1. The normalized spacial score (nSPS) is 13.2. The van der Waals surface area contributed by atoms with E-state index in [0.29, 0.717) is 17.1 Å². The molecule has 3 rings (SSSR count). The van der Waals surface area contributed by atoms with E-state index in [1.807, 2.05) is 25.1 Å². The smallest absolute Gasteiger partial charge is 0.251 e. The van der Waals surface area contributed by atoms with Crippen molar-refractivity contribution in [3.05, 3.63) is 53.9 Å². The van der Waals surface area contributed by atoms with Gasteiger partial charge in [-0.25, -0.2) is 0 Å². The van der Waals surface area contributed by atoms with Gasteiger partial charge in [0.2, 0.25) is 12.7 Å². The number of nitrogens with one attached hydrogen (secondary N) is 2. The lowest BCUT2D eigenvalue weighted by molar-refractivity contribution is -0.120. The van der Waals surface area contributed by atoms with Crippen LogP contribution in [0.3, 0.4) is 0 Å². The minimum atomic E-state index is -0.353. The topological polar surface area (TPSA) is 89.6 Å². The van der Waals surface area contributed by atoms with Crippen LogP contribution >= 0.6 is 0 Å². The van der Waals surface area contributed by atoms with Gasteiger partial charge in [0.25, 0.3) is 5.91 Å². The molecule has 7 heteroatoms. The second-order valence-electron chi connectivity index (χ2n) is 5.29. The molecule has 0 fully saturated rings. The standard InChI is InChI=1S/C17H17N3O4/c1-11(13-4-2-3-7-18-13)20-16(21)9-19-17(22)12-5-6-14-15(8-12)24-10-23-14/h2-8,11H,9-10H2,1H3,(H,19,22)(H,20,21)/t11-/m0/s1. The van der Waals surface area contributed by atoms with Crippen LogP contribution in [0.4, 0.5) is 0 Å². The summed E-state index contributed by atoms with van der Waals surface area (Å²) in [6.07, 6.45) is 1.67. The first-order valence-electron chi connectivity index (χ1n) is 7.51. The number of fused-ring (bicyclic) bond motifs is 1. The summed E-state index contributed by atoms with van der Waals surface area (Å²) in [4.78, 5) is 28.2. The molecule has 0 aliphatic carbocycles. The van der Waals surface area contributed by atoms with E-state index in [4.69, 9.17) is 9.47 Å². The fourth-order valence-electron chi connectivity index (χ4n) is 2.30. The Morgan fingerprint density at radius 1 is 1.21 bits per heavy atom. The van der Waals surface area contributed by atoms with Crippen molar-refractivity contribution in [3.63, 3.8) is 0 Å². The maximum atomic E-state index is 12.1. The van der Waals surface area contributed by atoms with Gasteiger partial charge in [0.1, 0.15) is 0 Å². The number of hydrogen-bond donors (Lipinski definition) is 2. The molecular formula is C17H17N3O4. The minimum Gasteiger partial charge on any atom is -0.454 e. The lowest BCUT2D eigenvalue weighted by Gasteiger charge is -2.13. The first-order chi connectivity index (χ1) is 11.6. The van der Waals surface area contributed by atoms with E-state index in [0.717, 1.165) is 5.69 Å². The van der Waals surface area contributed by atoms with E-state index in [9.17, 15) is 9.59 Å². The third-order valence-electron chi connectivity index (χ3n) is 3.55. The predicted molar refractivity (Wildman–Crippen MR) is 85.7 cm³/mol. The molecule has 0 spiro atoms. The molecule has 0 unspecified atom stereocenters. The van der Waals surface area contributed by atoms with Crippen LogP contribution in [0.1, 0.15) is 29.0 Å². The highest BCUT2D eigenvalue weighted by Crippen LogP contribution is 2.32. The molecule has 7 nitrogen and oxygen atoms in total. The van der Waals surface area contributed by atoms with E-state index in [1.54, 1.807) is 24.4 Å². The largest absolute Gasteiger partial charge is 0.454 e. The van der Waals surface area contributed by atoms with Crippen LogP contribution in [0.25, 0.3) is 0 Å². The van der Waals surface area contributed by atoms with Gasteiger partial charge in [0.15, 0.2) is 11.5 Å². The molecule has 1 aliphatic heterocycles. The summed E-state index contributed by atoms with van der Waals surface area (Å²) < 4.78 is 10.4. The lowest BCUT2D eigenvalue weighted by Crippen LogP contribution is -2.38. The fourth-order valence-corrected chi connectivity index (χ4v) is 2.30. The van der Waals surface area contributed by atoms with Gasteiger partial charge >= 0.3 is 0 Å². The van der Waals surface area contributed by atoms with Crippen molar-refractivity contribution >= 4 is 11.8 Å². The molecular weight excluding hydrogens is 310 g/mol. The van der Waals surface area contributed by atoms with E-state index in [-0.39, 0.29) is 31.2 Å². The summed E-state index contributed by atoms with van der Waals surface area (Å²) in [5.41, 5.74) is 1.16. The van der Waals surface area contributed by atoms with Crippen LogP contribution in [0.5, 0.6) is 11.5 Å². The Morgan fingerprint density at radius 2 is 2.04 bits per heavy atom. The number of rotatable bonds is 5. The van der Waals surface area contributed by atoms with Gasteiger partial charge < -0.3 is 20.1 Å². The van der Waals surface area contributed by atoms with Crippen molar-refractivity contribution in [1.82, 2.24) is 15.6 Å². The van der Waals surface area contributed by atoms with Crippen molar-refractivity contribution in [2.75, 3.05) is 13.3 Å². The van der Waals surface area contributed by atoms with Gasteiger partial charge in [0, 0.05) is 11.8 Å². The lowest BCUT2D eigenvalue weighted by atomic mass is 10.2. The second-order valence-corrected chi connectivity index (χ2v) is 5.29. The van der Waals surface area contributed by atoms with Crippen molar-refractivity contribution in [2.24, 2.45) is 0 Å². The van der Waals surface area contributed by atoms with E-state index < -0.39 is 0 Å². The number of ether oxygens (including phenoxy) is 2. The molecule has 0 bridgehead atoms. The molecule has 2 amide bonds. The van der Waals surface area contributed by atoms with Crippen LogP contribution in [-0.2, 0) is 4.79 Å². The Balaban J connectivity index is 1.51. The summed E-state index contributed by atoms with van der Waals surface area (Å²) in [7, 11) is 0. The highest BCUT2D eigenvalue weighted by molar-refractivity contribution is 5.97. The van der Waals surface area contributed by atoms with Crippen molar-refractivity contribution in [3.8, 4) is 11.5 Å². The summed E-state index contributed by atoms with van der Waals surface area (Å²) in [6.45, 7) is 1.86. The highest BCUT2D eigenvalue weighted by Gasteiger charge is 2.17. The summed E-state index contributed by atoms with van der Waals surface area (Å²) in [5, 5.41) is 5.36. The van der Waals surface area contributed by atoms with Crippen LogP contribution in [0.2, 0.25) is 0 Å². The molecule has 0 radical (unpaired) electrons. The molecule has 2 aromatic rings. The zero-order valence-corrected chi connectivity index (χ0v) is 13.1. The fraction of sp³-hybridized carbons (Fsp3) is 0.235. The number of amides is 2. The number of pyridine rings is 1. The van der Waals surface area contributed by atoms with Crippen LogP contribution in [-0.4, -0.2) is 30.1 Å². The van der Waals surface area contributed by atoms with Gasteiger partial charge in [-0.15, -0.1) is 0 Å². The molecule has 0 saturated heterocycles. The molecule has 1 aromatic heterocycles. The van der Waals surface area contributed by atoms with Gasteiger partial charge in [-0.1, -0.05) is 6.07 Å². The van der Waals surface area contributed by atoms with Crippen molar-refractivity contribution < 1.29 is 19.1 Å². The zero-order chi connectivity index (χ0) is 16.9. The number of carbonyl (C=O) groups is 2. The first-order valence-corrected chi connectivity index (χ1v) is 7.51. The third-order valence-corrected chi connectivity index (χ3v) is 3.55. The minimum absolute atomic E-state index is 0.121. The monoisotopic (exact) mass is 327 g/mol. The molecule has 1 aliphatic rings. The Labute approximate surface area is 139 Å². The molecule has 0 saturated carbocycles. The number of benzene rings is 1. The Morgan fingerprint density at radius 3 is 2.83 bits per heavy atom. The van der Waals surface area contributed by atoms with Crippen LogP contribution in [0.15, 0.2) is 42.6 Å². The Bertz CT molecular complexity index is 749. The SMILES string of the molecule is C[C@H](NC(=O)CNC(=O)c1ccc2c(c1)OCO2)c1ccccn1. The summed E-state index contributed by atoms with van der Waals surface area (Å²) in [5.74, 6) is 0.487. The average molecular weight is 327 g/mol. The van der Waals surface area contributed by atoms with Crippen molar-refractivity contribution in [2.45, 2.75) is 13.0 Å². The van der Waals surface area contributed by atoms with Gasteiger partial charge in [-0.2, -0.15) is 0 Å². The molecule has 1 atom stereocenters. The zero-order valence-electron chi connectivity index (χ0n) is 13.1. The first kappa shape index (κ1) is 15.8. The maximum Gasteiger partial charge on any atom is 0.251 e. The second kappa shape index (κ2) is 6.99. The highest BCUT2D eigenvalue weighted by atomic mass is 16.7. The van der Waals surface area contributed by atoms with E-state index in [2.05, 4.69) is 15.6 Å². The van der Waals surface area contributed by atoms with Gasteiger partial charge in [-0.05, 0) is 37.3 Å². The van der Waals surface area contributed by atoms with Gasteiger partial charge in [0.05, 0.1) is 18.3 Å². The Kier molecular flexibility index (Phi) is 4.60. The Hall–Kier alpha value is -3.09. The van der Waals surface area contributed by atoms with Crippen molar-refractivity contribution in [1.29, 1.82) is 0 Å². The predicted octanol–water partition coefficient (Wildman–Crippen LogP) is 1.42. The van der Waals surface area contributed by atoms with E-state index >= 15 is 0 Å². The molecule has 2 heterocycles. The molecule has 24 heavy (non-hydrogen) atoms. The molecule has 2 N–H and O–H groups in total. The quantitative estimate of drug-likeness (QED) is 0.867. The number of aromatic nitrogens is 1. The van der Waals surface area contributed by atoms with Crippen LogP contribution < -0.4 is 20.1 Å². The molecule has 124 valence electrons. The average Bonchev–Trinajstić information content (AvgIpc) is 3.08. The maximum absolute atomic E-state index is 12.1.